The maximum absolute atomic E-state index is 5.66. The molecule has 1 aromatic carbocycles. The number of thiazole rings is 1. The molecule has 0 saturated heterocycles. The van der Waals surface area contributed by atoms with Crippen molar-refractivity contribution in [2.45, 2.75) is 6.92 Å². The number of aromatic nitrogens is 2. The van der Waals surface area contributed by atoms with E-state index >= 15 is 0 Å². The minimum absolute atomic E-state index is 0.546. The molecular weight excluding hydrogens is 244 g/mol. The number of benzene rings is 1. The predicted molar refractivity (Wildman–Crippen MR) is 76.3 cm³/mol. The van der Waals surface area contributed by atoms with Crippen LogP contribution in [0.4, 0.5) is 16.6 Å². The van der Waals surface area contributed by atoms with Crippen LogP contribution in [0.15, 0.2) is 36.4 Å². The summed E-state index contributed by atoms with van der Waals surface area (Å²) in [4.78, 5) is 9.51. The van der Waals surface area contributed by atoms with Crippen LogP contribution in [0.2, 0.25) is 0 Å². The maximum Gasteiger partial charge on any atom is 0.182 e. The summed E-state index contributed by atoms with van der Waals surface area (Å²) in [6, 6.07) is 12.0. The lowest BCUT2D eigenvalue weighted by atomic mass is 10.2. The smallest absolute Gasteiger partial charge is 0.182 e. The second-order valence-electron chi connectivity index (χ2n) is 4.06. The number of hydrogen-bond donors (Lipinski definition) is 2. The summed E-state index contributed by atoms with van der Waals surface area (Å²) in [5.74, 6) is 0.801. The van der Waals surface area contributed by atoms with E-state index in [1.807, 2.05) is 24.3 Å². The van der Waals surface area contributed by atoms with Crippen LogP contribution in [0.25, 0.3) is 10.3 Å². The van der Waals surface area contributed by atoms with Gasteiger partial charge < -0.3 is 11.1 Å². The van der Waals surface area contributed by atoms with E-state index in [9.17, 15) is 0 Å². The van der Waals surface area contributed by atoms with Gasteiger partial charge in [0.05, 0.1) is 0 Å². The molecule has 5 heteroatoms. The highest BCUT2D eigenvalue weighted by atomic mass is 32.1. The lowest BCUT2D eigenvalue weighted by molar-refractivity contribution is 1.37. The van der Waals surface area contributed by atoms with E-state index in [0.717, 1.165) is 21.9 Å². The van der Waals surface area contributed by atoms with Crippen LogP contribution in [-0.4, -0.2) is 9.97 Å². The minimum Gasteiger partial charge on any atom is -0.375 e. The quantitative estimate of drug-likeness (QED) is 0.738. The molecule has 0 radical (unpaired) electrons. The number of nitrogens with zero attached hydrogens (tertiary/aromatic N) is 2. The minimum atomic E-state index is 0.546. The second kappa shape index (κ2) is 4.27. The third-order valence-electron chi connectivity index (χ3n) is 2.60. The normalized spacial score (nSPS) is 10.7. The molecule has 0 saturated carbocycles. The Morgan fingerprint density at radius 1 is 1.06 bits per heavy atom. The van der Waals surface area contributed by atoms with E-state index in [2.05, 4.69) is 34.3 Å². The molecule has 0 bridgehead atoms. The molecule has 3 rings (SSSR count). The first-order valence-corrected chi connectivity index (χ1v) is 6.39. The van der Waals surface area contributed by atoms with Crippen molar-refractivity contribution < 1.29 is 0 Å². The highest BCUT2D eigenvalue weighted by Crippen LogP contribution is 2.24. The molecule has 0 atom stereocenters. The first-order valence-electron chi connectivity index (χ1n) is 5.57. The third-order valence-corrected chi connectivity index (χ3v) is 3.39. The van der Waals surface area contributed by atoms with Crippen LogP contribution in [0.3, 0.4) is 0 Å². The lowest BCUT2D eigenvalue weighted by Gasteiger charge is -2.05. The molecule has 0 fully saturated rings. The van der Waals surface area contributed by atoms with E-state index in [1.54, 1.807) is 0 Å². The van der Waals surface area contributed by atoms with E-state index in [0.29, 0.717) is 5.13 Å². The zero-order valence-corrected chi connectivity index (χ0v) is 10.7. The van der Waals surface area contributed by atoms with Crippen LogP contribution < -0.4 is 11.1 Å². The van der Waals surface area contributed by atoms with E-state index in [1.165, 1.54) is 16.9 Å². The number of anilines is 3. The summed E-state index contributed by atoms with van der Waals surface area (Å²) in [6.07, 6.45) is 0. The largest absolute Gasteiger partial charge is 0.375 e. The second-order valence-corrected chi connectivity index (χ2v) is 5.07. The summed E-state index contributed by atoms with van der Waals surface area (Å²) in [7, 11) is 0. The Morgan fingerprint density at radius 2 is 1.83 bits per heavy atom. The van der Waals surface area contributed by atoms with Crippen LogP contribution in [0, 0.1) is 6.92 Å². The molecule has 3 N–H and O–H groups in total. The first-order chi connectivity index (χ1) is 8.70. The van der Waals surface area contributed by atoms with E-state index in [4.69, 9.17) is 5.73 Å². The molecule has 0 aliphatic heterocycles. The van der Waals surface area contributed by atoms with Gasteiger partial charge in [-0.25, -0.2) is 9.97 Å². The molecular formula is C13H12N4S. The fourth-order valence-corrected chi connectivity index (χ4v) is 2.39. The maximum atomic E-state index is 5.66. The summed E-state index contributed by atoms with van der Waals surface area (Å²) in [5.41, 5.74) is 8.75. The van der Waals surface area contributed by atoms with Crippen LogP contribution >= 0.6 is 11.3 Å². The Balaban J connectivity index is 1.92. The molecule has 3 aromatic rings. The van der Waals surface area contributed by atoms with Crippen LogP contribution in [0.5, 0.6) is 0 Å². The van der Waals surface area contributed by atoms with Gasteiger partial charge in [0.25, 0.3) is 0 Å². The number of pyridine rings is 1. The SMILES string of the molecule is Cc1ccc(Nc2ccc3nc(N)sc3n2)cc1. The highest BCUT2D eigenvalue weighted by Gasteiger charge is 2.03. The average Bonchev–Trinajstić information content (AvgIpc) is 2.71. The Kier molecular flexibility index (Phi) is 2.60. The van der Waals surface area contributed by atoms with Crippen molar-refractivity contribution in [2.24, 2.45) is 0 Å². The molecule has 4 nitrogen and oxygen atoms in total. The third kappa shape index (κ3) is 2.12. The standard InChI is InChI=1S/C13H12N4S/c1-8-2-4-9(5-3-8)15-11-7-6-10-12(17-11)18-13(14)16-10/h2-7H,1H3,(H2,14,16)(H,15,17). The van der Waals surface area contributed by atoms with Crippen LogP contribution in [-0.2, 0) is 0 Å². The number of nitrogen functional groups attached to an aromatic ring is 1. The molecule has 0 spiro atoms. The first kappa shape index (κ1) is 11.0. The van der Waals surface area contributed by atoms with Crippen molar-refractivity contribution in [3.8, 4) is 0 Å². The van der Waals surface area contributed by atoms with Gasteiger partial charge in [0.1, 0.15) is 16.2 Å². The zero-order valence-electron chi connectivity index (χ0n) is 9.84. The van der Waals surface area contributed by atoms with E-state index in [-0.39, 0.29) is 0 Å². The van der Waals surface area contributed by atoms with Crippen molar-refractivity contribution in [3.05, 3.63) is 42.0 Å². The van der Waals surface area contributed by atoms with Crippen LogP contribution in [0.1, 0.15) is 5.56 Å². The number of nitrogens with one attached hydrogen (secondary N) is 1. The molecule has 0 aliphatic rings. The molecule has 0 amide bonds. The molecule has 0 unspecified atom stereocenters. The van der Waals surface area contributed by atoms with Crippen molar-refractivity contribution in [3.63, 3.8) is 0 Å². The number of fused-ring (bicyclic) bond motifs is 1. The van der Waals surface area contributed by atoms with Crippen molar-refractivity contribution >= 4 is 38.3 Å². The number of aryl methyl sites for hydroxylation is 1. The molecule has 90 valence electrons. The van der Waals surface area contributed by atoms with Gasteiger partial charge in [0.2, 0.25) is 0 Å². The molecule has 0 aliphatic carbocycles. The van der Waals surface area contributed by atoms with Gasteiger partial charge in [0, 0.05) is 5.69 Å². The Bertz CT molecular complexity index is 688. The predicted octanol–water partition coefficient (Wildman–Crippen LogP) is 3.33. The fourth-order valence-electron chi connectivity index (χ4n) is 1.69. The zero-order chi connectivity index (χ0) is 12.5. The molecule has 2 aromatic heterocycles. The van der Waals surface area contributed by atoms with Crippen molar-refractivity contribution in [1.82, 2.24) is 9.97 Å². The van der Waals surface area contributed by atoms with Crippen molar-refractivity contribution in [1.29, 1.82) is 0 Å². The monoisotopic (exact) mass is 256 g/mol. The Labute approximate surface area is 109 Å². The summed E-state index contributed by atoms with van der Waals surface area (Å²) in [6.45, 7) is 2.06. The molecule has 2 heterocycles. The number of nitrogens with two attached hydrogens (primary N) is 1. The van der Waals surface area contributed by atoms with Gasteiger partial charge in [-0.05, 0) is 31.2 Å². The summed E-state index contributed by atoms with van der Waals surface area (Å²) < 4.78 is 0. The highest BCUT2D eigenvalue weighted by molar-refractivity contribution is 7.21. The molecule has 18 heavy (non-hydrogen) atoms. The number of rotatable bonds is 2. The summed E-state index contributed by atoms with van der Waals surface area (Å²) in [5, 5.41) is 3.81. The van der Waals surface area contributed by atoms with Gasteiger partial charge in [-0.1, -0.05) is 29.0 Å². The van der Waals surface area contributed by atoms with Crippen molar-refractivity contribution in [2.75, 3.05) is 11.1 Å². The van der Waals surface area contributed by atoms with Gasteiger partial charge >= 0.3 is 0 Å². The summed E-state index contributed by atoms with van der Waals surface area (Å²) >= 11 is 1.39. The fraction of sp³-hybridized carbons (Fsp3) is 0.0769. The Morgan fingerprint density at radius 3 is 2.61 bits per heavy atom. The van der Waals surface area contributed by atoms with Gasteiger partial charge in [-0.2, -0.15) is 0 Å². The Hall–Kier alpha value is -2.14. The topological polar surface area (TPSA) is 63.8 Å². The van der Waals surface area contributed by atoms with Gasteiger partial charge in [-0.3, -0.25) is 0 Å². The van der Waals surface area contributed by atoms with E-state index < -0.39 is 0 Å². The average molecular weight is 256 g/mol. The number of hydrogen-bond acceptors (Lipinski definition) is 5. The van der Waals surface area contributed by atoms with Gasteiger partial charge in [0.15, 0.2) is 5.13 Å². The lowest BCUT2D eigenvalue weighted by Crippen LogP contribution is -1.92. The van der Waals surface area contributed by atoms with Gasteiger partial charge in [-0.15, -0.1) is 0 Å².